The van der Waals surface area contributed by atoms with Crippen LogP contribution in [0.15, 0.2) is 30.9 Å². The first-order chi connectivity index (χ1) is 10.1. The third kappa shape index (κ3) is 2.47. The highest BCUT2D eigenvalue weighted by Crippen LogP contribution is 2.41. The molecule has 108 valence electrons. The van der Waals surface area contributed by atoms with Gasteiger partial charge in [0.2, 0.25) is 0 Å². The first kappa shape index (κ1) is 13.9. The van der Waals surface area contributed by atoms with Crippen molar-refractivity contribution in [2.45, 2.75) is 24.8 Å². The summed E-state index contributed by atoms with van der Waals surface area (Å²) in [4.78, 5) is 27.8. The number of carbonyl (C=O) groups excluding carboxylic acids is 2. The van der Waals surface area contributed by atoms with Gasteiger partial charge in [-0.1, -0.05) is 17.7 Å². The molecule has 0 aliphatic heterocycles. The first-order valence-electron chi connectivity index (χ1n) is 6.40. The van der Waals surface area contributed by atoms with Crippen LogP contribution in [0.4, 0.5) is 4.39 Å². The number of Topliss-reactive ketones (excluding diaryl/α,β-unsaturated/α-hetero) is 2. The van der Waals surface area contributed by atoms with Crippen molar-refractivity contribution in [3.8, 4) is 0 Å². The summed E-state index contributed by atoms with van der Waals surface area (Å²) in [6.07, 6.45) is 2.56. The molecule has 1 aliphatic carbocycles. The number of ketones is 2. The predicted molar refractivity (Wildman–Crippen MR) is 72.5 cm³/mol. The van der Waals surface area contributed by atoms with E-state index >= 15 is 0 Å². The van der Waals surface area contributed by atoms with Gasteiger partial charge in [-0.25, -0.2) is 14.1 Å². The zero-order valence-electron chi connectivity index (χ0n) is 10.9. The molecule has 1 saturated carbocycles. The van der Waals surface area contributed by atoms with E-state index in [0.29, 0.717) is 0 Å². The van der Waals surface area contributed by atoms with E-state index in [0.717, 1.165) is 0 Å². The third-order valence-electron chi connectivity index (χ3n) is 3.62. The van der Waals surface area contributed by atoms with Crippen LogP contribution in [-0.2, 0) is 9.59 Å². The molecule has 1 aromatic carbocycles. The fourth-order valence-corrected chi connectivity index (χ4v) is 3.07. The van der Waals surface area contributed by atoms with Gasteiger partial charge < -0.3 is 0 Å². The third-order valence-corrected chi connectivity index (χ3v) is 3.95. The molecule has 0 saturated heterocycles. The standard InChI is InChI=1S/C14H11ClFN3O2/c15-10-2-1-3-11(16)13(10)9-4-8(20)5-12(21)14(9)19-7-17-6-18-19/h1-3,6-7,9,14H,4-5H2/t9-,14-/m0/s1. The van der Waals surface area contributed by atoms with Gasteiger partial charge in [0, 0.05) is 22.9 Å². The Morgan fingerprint density at radius 2 is 2.14 bits per heavy atom. The van der Waals surface area contributed by atoms with Crippen molar-refractivity contribution in [3.05, 3.63) is 47.3 Å². The monoisotopic (exact) mass is 307 g/mol. The summed E-state index contributed by atoms with van der Waals surface area (Å²) in [6.45, 7) is 0. The minimum atomic E-state index is -0.764. The molecular formula is C14H11ClFN3O2. The Kier molecular flexibility index (Phi) is 3.55. The molecule has 0 bridgehead atoms. The topological polar surface area (TPSA) is 64.8 Å². The largest absolute Gasteiger partial charge is 0.299 e. The molecule has 21 heavy (non-hydrogen) atoms. The molecule has 2 aromatic rings. The second-order valence-electron chi connectivity index (χ2n) is 4.95. The molecule has 0 radical (unpaired) electrons. The molecule has 1 aromatic heterocycles. The van der Waals surface area contributed by atoms with Crippen LogP contribution < -0.4 is 0 Å². The fraction of sp³-hybridized carbons (Fsp3) is 0.286. The van der Waals surface area contributed by atoms with Crippen LogP contribution in [0.25, 0.3) is 0 Å². The van der Waals surface area contributed by atoms with Crippen molar-refractivity contribution >= 4 is 23.2 Å². The Hall–Kier alpha value is -2.08. The first-order valence-corrected chi connectivity index (χ1v) is 6.78. The van der Waals surface area contributed by atoms with Gasteiger partial charge in [0.05, 0.1) is 6.42 Å². The van der Waals surface area contributed by atoms with Crippen LogP contribution in [0.3, 0.4) is 0 Å². The minimum absolute atomic E-state index is 0.0525. The van der Waals surface area contributed by atoms with Crippen LogP contribution in [0.2, 0.25) is 5.02 Å². The molecule has 1 fully saturated rings. The highest BCUT2D eigenvalue weighted by atomic mass is 35.5. The number of hydrogen-bond acceptors (Lipinski definition) is 4. The lowest BCUT2D eigenvalue weighted by Gasteiger charge is -2.30. The van der Waals surface area contributed by atoms with E-state index in [1.807, 2.05) is 0 Å². The molecule has 0 unspecified atom stereocenters. The van der Waals surface area contributed by atoms with E-state index in [1.54, 1.807) is 6.07 Å². The van der Waals surface area contributed by atoms with Gasteiger partial charge in [-0.2, -0.15) is 5.10 Å². The van der Waals surface area contributed by atoms with Gasteiger partial charge in [0.1, 0.15) is 30.3 Å². The minimum Gasteiger partial charge on any atom is -0.299 e. The number of halogens is 2. The van der Waals surface area contributed by atoms with E-state index in [9.17, 15) is 14.0 Å². The Morgan fingerprint density at radius 3 is 2.81 bits per heavy atom. The van der Waals surface area contributed by atoms with Crippen molar-refractivity contribution in [2.24, 2.45) is 0 Å². The summed E-state index contributed by atoms with van der Waals surface area (Å²) in [6, 6.07) is 3.53. The van der Waals surface area contributed by atoms with E-state index < -0.39 is 17.8 Å². The second kappa shape index (κ2) is 5.37. The lowest BCUT2D eigenvalue weighted by Crippen LogP contribution is -2.35. The lowest BCUT2D eigenvalue weighted by molar-refractivity contribution is -0.133. The summed E-state index contributed by atoms with van der Waals surface area (Å²) < 4.78 is 15.5. The van der Waals surface area contributed by atoms with Crippen molar-refractivity contribution < 1.29 is 14.0 Å². The molecule has 2 atom stereocenters. The molecule has 0 spiro atoms. The average molecular weight is 308 g/mol. The molecule has 1 heterocycles. The van der Waals surface area contributed by atoms with Crippen molar-refractivity contribution in [1.82, 2.24) is 14.8 Å². The normalized spacial score (nSPS) is 22.6. The van der Waals surface area contributed by atoms with Crippen LogP contribution >= 0.6 is 11.6 Å². The van der Waals surface area contributed by atoms with Crippen LogP contribution in [-0.4, -0.2) is 26.3 Å². The number of aromatic nitrogens is 3. The Bertz CT molecular complexity index is 682. The van der Waals surface area contributed by atoms with E-state index in [2.05, 4.69) is 10.1 Å². The lowest BCUT2D eigenvalue weighted by atomic mass is 9.78. The van der Waals surface area contributed by atoms with Crippen LogP contribution in [0.1, 0.15) is 30.4 Å². The molecule has 3 rings (SSSR count). The Balaban J connectivity index is 2.12. The summed E-state index contributed by atoms with van der Waals surface area (Å²) in [7, 11) is 0. The van der Waals surface area contributed by atoms with E-state index in [1.165, 1.54) is 29.5 Å². The fourth-order valence-electron chi connectivity index (χ4n) is 2.77. The smallest absolute Gasteiger partial charge is 0.165 e. The summed E-state index contributed by atoms with van der Waals surface area (Å²) >= 11 is 6.08. The molecule has 0 N–H and O–H groups in total. The summed E-state index contributed by atoms with van der Waals surface area (Å²) in [5, 5.41) is 4.16. The predicted octanol–water partition coefficient (Wildman–Crippen LogP) is 2.33. The zero-order valence-corrected chi connectivity index (χ0v) is 11.6. The van der Waals surface area contributed by atoms with E-state index in [-0.39, 0.29) is 35.0 Å². The van der Waals surface area contributed by atoms with Gasteiger partial charge >= 0.3 is 0 Å². The second-order valence-corrected chi connectivity index (χ2v) is 5.36. The maximum atomic E-state index is 14.2. The number of nitrogens with zero attached hydrogens (tertiary/aromatic N) is 3. The zero-order chi connectivity index (χ0) is 15.0. The highest BCUT2D eigenvalue weighted by Gasteiger charge is 2.40. The molecule has 5 nitrogen and oxygen atoms in total. The number of rotatable bonds is 2. The number of hydrogen-bond donors (Lipinski definition) is 0. The van der Waals surface area contributed by atoms with Gasteiger partial charge in [-0.3, -0.25) is 9.59 Å². The van der Waals surface area contributed by atoms with Gasteiger partial charge in [0.25, 0.3) is 0 Å². The van der Waals surface area contributed by atoms with Crippen molar-refractivity contribution in [1.29, 1.82) is 0 Å². The molecular weight excluding hydrogens is 297 g/mol. The van der Waals surface area contributed by atoms with E-state index in [4.69, 9.17) is 11.6 Å². The Labute approximate surface area is 124 Å². The molecule has 0 amide bonds. The SMILES string of the molecule is O=C1CC(=O)[C@@H](n2cncn2)[C@H](c2c(F)cccc2Cl)C1. The molecule has 7 heteroatoms. The van der Waals surface area contributed by atoms with Crippen LogP contribution in [0, 0.1) is 5.82 Å². The van der Waals surface area contributed by atoms with Crippen molar-refractivity contribution in [3.63, 3.8) is 0 Å². The average Bonchev–Trinajstić information content (AvgIpc) is 2.91. The van der Waals surface area contributed by atoms with Crippen molar-refractivity contribution in [2.75, 3.05) is 0 Å². The van der Waals surface area contributed by atoms with Gasteiger partial charge in [0.15, 0.2) is 5.78 Å². The highest BCUT2D eigenvalue weighted by molar-refractivity contribution is 6.31. The summed E-state index contributed by atoms with van der Waals surface area (Å²) in [5.74, 6) is -1.73. The molecule has 1 aliphatic rings. The maximum Gasteiger partial charge on any atom is 0.165 e. The van der Waals surface area contributed by atoms with Gasteiger partial charge in [-0.05, 0) is 12.1 Å². The Morgan fingerprint density at radius 1 is 1.33 bits per heavy atom. The quantitative estimate of drug-likeness (QED) is 0.799. The number of carbonyl (C=O) groups is 2. The maximum absolute atomic E-state index is 14.2. The van der Waals surface area contributed by atoms with Gasteiger partial charge in [-0.15, -0.1) is 0 Å². The number of benzene rings is 1. The van der Waals surface area contributed by atoms with Crippen LogP contribution in [0.5, 0.6) is 0 Å². The summed E-state index contributed by atoms with van der Waals surface area (Å²) in [5.41, 5.74) is 0.182.